The van der Waals surface area contributed by atoms with Crippen LogP contribution in [0.5, 0.6) is 0 Å². The van der Waals surface area contributed by atoms with Gasteiger partial charge in [0.05, 0.1) is 5.92 Å². The standard InChI is InChI=1S/C15H20N2O/c1-17-9-13(11-5-3-2-4-6-11)14(10-17)15(18)16-12-7-8-12/h2-6,12-14H,7-10H2,1H3,(H,16,18)/t13-,14-/m1/s1. The molecule has 0 spiro atoms. The molecule has 96 valence electrons. The molecule has 1 heterocycles. The van der Waals surface area contributed by atoms with Crippen LogP contribution in [0.25, 0.3) is 0 Å². The van der Waals surface area contributed by atoms with Crippen molar-refractivity contribution >= 4 is 5.91 Å². The molecular weight excluding hydrogens is 224 g/mol. The number of hydrogen-bond donors (Lipinski definition) is 1. The number of nitrogens with zero attached hydrogens (tertiary/aromatic N) is 1. The Morgan fingerprint density at radius 2 is 1.94 bits per heavy atom. The van der Waals surface area contributed by atoms with Gasteiger partial charge in [-0.1, -0.05) is 30.3 Å². The zero-order valence-corrected chi connectivity index (χ0v) is 10.8. The van der Waals surface area contributed by atoms with Gasteiger partial charge in [-0.25, -0.2) is 0 Å². The maximum Gasteiger partial charge on any atom is 0.225 e. The van der Waals surface area contributed by atoms with Gasteiger partial charge in [0, 0.05) is 25.0 Å². The summed E-state index contributed by atoms with van der Waals surface area (Å²) in [5, 5.41) is 3.15. The molecular formula is C15H20N2O. The van der Waals surface area contributed by atoms with Crippen molar-refractivity contribution in [2.45, 2.75) is 24.8 Å². The number of rotatable bonds is 3. The molecule has 0 bridgehead atoms. The Bertz CT molecular complexity index is 427. The summed E-state index contributed by atoms with van der Waals surface area (Å²) in [6.07, 6.45) is 2.31. The average molecular weight is 244 g/mol. The highest BCUT2D eigenvalue weighted by atomic mass is 16.2. The van der Waals surface area contributed by atoms with Crippen molar-refractivity contribution in [3.05, 3.63) is 35.9 Å². The highest BCUT2D eigenvalue weighted by molar-refractivity contribution is 5.81. The average Bonchev–Trinajstić information content (AvgIpc) is 3.10. The molecule has 1 aromatic carbocycles. The van der Waals surface area contributed by atoms with E-state index in [1.165, 1.54) is 5.56 Å². The summed E-state index contributed by atoms with van der Waals surface area (Å²) in [7, 11) is 2.10. The zero-order chi connectivity index (χ0) is 12.5. The summed E-state index contributed by atoms with van der Waals surface area (Å²) in [4.78, 5) is 14.5. The van der Waals surface area contributed by atoms with E-state index in [4.69, 9.17) is 0 Å². The second-order valence-electron chi connectivity index (χ2n) is 5.63. The normalized spacial score (nSPS) is 28.3. The molecule has 18 heavy (non-hydrogen) atoms. The molecule has 3 rings (SSSR count). The quantitative estimate of drug-likeness (QED) is 0.876. The van der Waals surface area contributed by atoms with Crippen LogP contribution in [0, 0.1) is 5.92 Å². The van der Waals surface area contributed by atoms with Gasteiger partial charge in [0.25, 0.3) is 0 Å². The Hall–Kier alpha value is -1.35. The summed E-state index contributed by atoms with van der Waals surface area (Å²) in [6.45, 7) is 1.85. The highest BCUT2D eigenvalue weighted by Crippen LogP contribution is 2.32. The van der Waals surface area contributed by atoms with E-state index >= 15 is 0 Å². The van der Waals surface area contributed by atoms with E-state index in [1.807, 2.05) is 6.07 Å². The minimum Gasteiger partial charge on any atom is -0.353 e. The lowest BCUT2D eigenvalue weighted by molar-refractivity contribution is -0.125. The van der Waals surface area contributed by atoms with Crippen LogP contribution in [0.2, 0.25) is 0 Å². The second-order valence-corrected chi connectivity index (χ2v) is 5.63. The Labute approximate surface area is 108 Å². The molecule has 3 nitrogen and oxygen atoms in total. The van der Waals surface area contributed by atoms with Gasteiger partial charge >= 0.3 is 0 Å². The van der Waals surface area contributed by atoms with Crippen LogP contribution >= 0.6 is 0 Å². The molecule has 2 fully saturated rings. The van der Waals surface area contributed by atoms with Gasteiger partial charge in [0.2, 0.25) is 5.91 Å². The minimum absolute atomic E-state index is 0.109. The maximum absolute atomic E-state index is 12.3. The van der Waals surface area contributed by atoms with Gasteiger partial charge in [0.1, 0.15) is 0 Å². The Balaban J connectivity index is 1.76. The first-order valence-electron chi connectivity index (χ1n) is 6.78. The lowest BCUT2D eigenvalue weighted by Crippen LogP contribution is -2.35. The molecule has 1 saturated carbocycles. The first-order chi connectivity index (χ1) is 8.74. The number of carbonyl (C=O) groups is 1. The van der Waals surface area contributed by atoms with Crippen LogP contribution in [0.3, 0.4) is 0 Å². The molecule has 1 N–H and O–H groups in total. The molecule has 0 unspecified atom stereocenters. The fourth-order valence-electron chi connectivity index (χ4n) is 2.84. The third-order valence-electron chi connectivity index (χ3n) is 3.99. The molecule has 1 saturated heterocycles. The summed E-state index contributed by atoms with van der Waals surface area (Å²) in [5.74, 6) is 0.698. The van der Waals surface area contributed by atoms with Crippen LogP contribution in [0.4, 0.5) is 0 Å². The van der Waals surface area contributed by atoms with Crippen molar-refractivity contribution in [1.82, 2.24) is 10.2 Å². The van der Waals surface area contributed by atoms with E-state index in [-0.39, 0.29) is 11.8 Å². The molecule has 1 aliphatic heterocycles. The maximum atomic E-state index is 12.3. The molecule has 0 aromatic heterocycles. The van der Waals surface area contributed by atoms with Crippen LogP contribution in [0.1, 0.15) is 24.3 Å². The summed E-state index contributed by atoms with van der Waals surface area (Å²) in [5.41, 5.74) is 1.29. The third kappa shape index (κ3) is 2.41. The number of likely N-dealkylation sites (tertiary alicyclic amines) is 1. The van der Waals surface area contributed by atoms with Crippen molar-refractivity contribution in [2.75, 3.05) is 20.1 Å². The van der Waals surface area contributed by atoms with E-state index < -0.39 is 0 Å². The fraction of sp³-hybridized carbons (Fsp3) is 0.533. The van der Waals surface area contributed by atoms with Crippen LogP contribution < -0.4 is 5.32 Å². The van der Waals surface area contributed by atoms with Crippen molar-refractivity contribution in [3.8, 4) is 0 Å². The van der Waals surface area contributed by atoms with E-state index in [1.54, 1.807) is 0 Å². The van der Waals surface area contributed by atoms with Gasteiger partial charge in [-0.05, 0) is 25.5 Å². The lowest BCUT2D eigenvalue weighted by Gasteiger charge is -2.18. The fourth-order valence-corrected chi connectivity index (χ4v) is 2.84. The van der Waals surface area contributed by atoms with Gasteiger partial charge in [-0.3, -0.25) is 4.79 Å². The number of amides is 1. The van der Waals surface area contributed by atoms with Crippen LogP contribution in [-0.4, -0.2) is 37.0 Å². The van der Waals surface area contributed by atoms with Gasteiger partial charge in [0.15, 0.2) is 0 Å². The van der Waals surface area contributed by atoms with E-state index in [9.17, 15) is 4.79 Å². The monoisotopic (exact) mass is 244 g/mol. The Morgan fingerprint density at radius 1 is 1.22 bits per heavy atom. The predicted octanol–water partition coefficient (Wildman–Crippen LogP) is 1.61. The molecule has 2 atom stereocenters. The van der Waals surface area contributed by atoms with Gasteiger partial charge in [-0.2, -0.15) is 0 Å². The van der Waals surface area contributed by atoms with Gasteiger partial charge in [-0.15, -0.1) is 0 Å². The number of nitrogens with one attached hydrogen (secondary N) is 1. The predicted molar refractivity (Wildman–Crippen MR) is 71.3 cm³/mol. The molecule has 3 heteroatoms. The Morgan fingerprint density at radius 3 is 2.61 bits per heavy atom. The summed E-state index contributed by atoms with van der Waals surface area (Å²) < 4.78 is 0. The molecule has 1 amide bonds. The van der Waals surface area contributed by atoms with Crippen molar-refractivity contribution in [1.29, 1.82) is 0 Å². The molecule has 1 aromatic rings. The zero-order valence-electron chi connectivity index (χ0n) is 10.8. The third-order valence-corrected chi connectivity index (χ3v) is 3.99. The van der Waals surface area contributed by atoms with Crippen LogP contribution in [-0.2, 0) is 4.79 Å². The van der Waals surface area contributed by atoms with Crippen molar-refractivity contribution in [3.63, 3.8) is 0 Å². The highest BCUT2D eigenvalue weighted by Gasteiger charge is 2.38. The number of carbonyl (C=O) groups excluding carboxylic acids is 1. The SMILES string of the molecule is CN1C[C@H](c2ccccc2)[C@H](C(=O)NC2CC2)C1. The molecule has 1 aliphatic carbocycles. The van der Waals surface area contributed by atoms with Crippen molar-refractivity contribution in [2.24, 2.45) is 5.92 Å². The number of benzene rings is 1. The number of hydrogen-bond acceptors (Lipinski definition) is 2. The largest absolute Gasteiger partial charge is 0.353 e. The van der Waals surface area contributed by atoms with Crippen molar-refractivity contribution < 1.29 is 4.79 Å². The second kappa shape index (κ2) is 4.73. The van der Waals surface area contributed by atoms with E-state index in [0.717, 1.165) is 25.9 Å². The summed E-state index contributed by atoms with van der Waals surface area (Å²) >= 11 is 0. The smallest absolute Gasteiger partial charge is 0.225 e. The van der Waals surface area contributed by atoms with Crippen LogP contribution in [0.15, 0.2) is 30.3 Å². The van der Waals surface area contributed by atoms with Gasteiger partial charge < -0.3 is 10.2 Å². The number of likely N-dealkylation sites (N-methyl/N-ethyl adjacent to an activating group) is 1. The molecule has 2 aliphatic rings. The van der Waals surface area contributed by atoms with E-state index in [2.05, 4.69) is 41.5 Å². The lowest BCUT2D eigenvalue weighted by atomic mass is 9.88. The molecule has 0 radical (unpaired) electrons. The first kappa shape index (κ1) is 11.7. The first-order valence-corrected chi connectivity index (χ1v) is 6.78. The van der Waals surface area contributed by atoms with E-state index in [0.29, 0.717) is 12.0 Å². The summed E-state index contributed by atoms with van der Waals surface area (Å²) in [6, 6.07) is 10.9. The minimum atomic E-state index is 0.109. The topological polar surface area (TPSA) is 32.3 Å². The Kier molecular flexibility index (Phi) is 3.08.